The predicted molar refractivity (Wildman–Crippen MR) is 83.4 cm³/mol. The minimum Gasteiger partial charge on any atom is -0.507 e. The molecule has 0 aliphatic carbocycles. The standard InChI is InChI=1S/C16H13ClF2N2O3/c17-10-3-5-14(22)11(8-10)16(24)21-20-15(23)6-2-9-1-4-12(18)13(19)7-9/h1,3-5,7-8,22H,2,6H2,(H,20,23)(H,21,24). The molecule has 0 saturated carbocycles. The van der Waals surface area contributed by atoms with Gasteiger partial charge in [-0.15, -0.1) is 0 Å². The van der Waals surface area contributed by atoms with Crippen molar-refractivity contribution < 1.29 is 23.5 Å². The fraction of sp³-hybridized carbons (Fsp3) is 0.125. The van der Waals surface area contributed by atoms with Gasteiger partial charge in [0.1, 0.15) is 5.75 Å². The number of nitrogens with one attached hydrogen (secondary N) is 2. The van der Waals surface area contributed by atoms with Crippen molar-refractivity contribution in [2.45, 2.75) is 12.8 Å². The van der Waals surface area contributed by atoms with Crippen LogP contribution in [0.15, 0.2) is 36.4 Å². The average Bonchev–Trinajstić information content (AvgIpc) is 2.56. The molecule has 2 rings (SSSR count). The van der Waals surface area contributed by atoms with E-state index in [-0.39, 0.29) is 29.2 Å². The second-order valence-electron chi connectivity index (χ2n) is 4.91. The van der Waals surface area contributed by atoms with Crippen molar-refractivity contribution in [3.63, 3.8) is 0 Å². The van der Waals surface area contributed by atoms with E-state index >= 15 is 0 Å². The number of aryl methyl sites for hydroxylation is 1. The van der Waals surface area contributed by atoms with Crippen molar-refractivity contribution in [3.8, 4) is 5.75 Å². The van der Waals surface area contributed by atoms with Gasteiger partial charge in [-0.1, -0.05) is 17.7 Å². The van der Waals surface area contributed by atoms with Crippen molar-refractivity contribution in [3.05, 3.63) is 64.2 Å². The van der Waals surface area contributed by atoms with Gasteiger partial charge < -0.3 is 5.11 Å². The second-order valence-corrected chi connectivity index (χ2v) is 5.35. The minimum atomic E-state index is -0.988. The molecule has 5 nitrogen and oxygen atoms in total. The van der Waals surface area contributed by atoms with Gasteiger partial charge in [0.2, 0.25) is 5.91 Å². The number of amides is 2. The van der Waals surface area contributed by atoms with E-state index in [1.807, 2.05) is 0 Å². The molecular weight excluding hydrogens is 342 g/mol. The highest BCUT2D eigenvalue weighted by molar-refractivity contribution is 6.31. The number of phenols is 1. The van der Waals surface area contributed by atoms with Crippen molar-refractivity contribution in [2.24, 2.45) is 0 Å². The lowest BCUT2D eigenvalue weighted by atomic mass is 10.1. The molecule has 0 atom stereocenters. The highest BCUT2D eigenvalue weighted by Gasteiger charge is 2.13. The summed E-state index contributed by atoms with van der Waals surface area (Å²) in [5.74, 6) is -3.51. The van der Waals surface area contributed by atoms with Crippen LogP contribution in [0.2, 0.25) is 5.02 Å². The Morgan fingerprint density at radius 2 is 1.79 bits per heavy atom. The fourth-order valence-electron chi connectivity index (χ4n) is 1.90. The molecule has 0 spiro atoms. The summed E-state index contributed by atoms with van der Waals surface area (Å²) >= 11 is 5.73. The summed E-state index contributed by atoms with van der Waals surface area (Å²) in [4.78, 5) is 23.5. The molecule has 126 valence electrons. The lowest BCUT2D eigenvalue weighted by molar-refractivity contribution is -0.121. The lowest BCUT2D eigenvalue weighted by Crippen LogP contribution is -2.41. The molecule has 0 unspecified atom stereocenters. The van der Waals surface area contributed by atoms with Crippen LogP contribution >= 0.6 is 11.6 Å². The Labute approximate surface area is 141 Å². The Morgan fingerprint density at radius 3 is 2.50 bits per heavy atom. The van der Waals surface area contributed by atoms with Crippen molar-refractivity contribution >= 4 is 23.4 Å². The quantitative estimate of drug-likeness (QED) is 0.739. The van der Waals surface area contributed by atoms with E-state index in [1.165, 1.54) is 24.3 Å². The van der Waals surface area contributed by atoms with Gasteiger partial charge in [-0.05, 0) is 42.3 Å². The highest BCUT2D eigenvalue weighted by atomic mass is 35.5. The van der Waals surface area contributed by atoms with Crippen LogP contribution in [0.5, 0.6) is 5.75 Å². The third kappa shape index (κ3) is 4.66. The fourth-order valence-corrected chi connectivity index (χ4v) is 2.07. The van der Waals surface area contributed by atoms with Crippen LogP contribution in [-0.2, 0) is 11.2 Å². The van der Waals surface area contributed by atoms with Gasteiger partial charge >= 0.3 is 0 Å². The van der Waals surface area contributed by atoms with E-state index < -0.39 is 23.4 Å². The van der Waals surface area contributed by atoms with Crippen molar-refractivity contribution in [2.75, 3.05) is 0 Å². The van der Waals surface area contributed by atoms with E-state index in [0.29, 0.717) is 5.56 Å². The highest BCUT2D eigenvalue weighted by Crippen LogP contribution is 2.21. The molecule has 0 aliphatic heterocycles. The van der Waals surface area contributed by atoms with E-state index in [0.717, 1.165) is 12.1 Å². The number of benzene rings is 2. The summed E-state index contributed by atoms with van der Waals surface area (Å²) in [5, 5.41) is 9.83. The second kappa shape index (κ2) is 7.74. The summed E-state index contributed by atoms with van der Waals surface area (Å²) in [6, 6.07) is 7.27. The number of carbonyl (C=O) groups excluding carboxylic acids is 2. The van der Waals surface area contributed by atoms with Gasteiger partial charge in [-0.25, -0.2) is 8.78 Å². The van der Waals surface area contributed by atoms with E-state index in [1.54, 1.807) is 0 Å². The summed E-state index contributed by atoms with van der Waals surface area (Å²) in [5.41, 5.74) is 4.65. The summed E-state index contributed by atoms with van der Waals surface area (Å²) in [6.07, 6.45) is 0.119. The molecule has 3 N–H and O–H groups in total. The molecule has 0 saturated heterocycles. The van der Waals surface area contributed by atoms with Gasteiger partial charge in [0, 0.05) is 11.4 Å². The molecule has 0 bridgehead atoms. The molecule has 24 heavy (non-hydrogen) atoms. The molecular formula is C16H13ClF2N2O3. The number of hydrazine groups is 1. The van der Waals surface area contributed by atoms with Gasteiger partial charge in [0.25, 0.3) is 5.91 Å². The lowest BCUT2D eigenvalue weighted by Gasteiger charge is -2.09. The molecule has 2 aromatic carbocycles. The molecule has 0 aromatic heterocycles. The van der Waals surface area contributed by atoms with Gasteiger partial charge in [-0.3, -0.25) is 20.4 Å². The van der Waals surface area contributed by atoms with E-state index in [9.17, 15) is 23.5 Å². The van der Waals surface area contributed by atoms with Crippen LogP contribution in [-0.4, -0.2) is 16.9 Å². The molecule has 0 aliphatic rings. The van der Waals surface area contributed by atoms with Crippen molar-refractivity contribution in [1.82, 2.24) is 10.9 Å². The first-order chi connectivity index (χ1) is 11.4. The number of carbonyl (C=O) groups is 2. The normalized spacial score (nSPS) is 10.3. The molecule has 8 heteroatoms. The van der Waals surface area contributed by atoms with E-state index in [4.69, 9.17) is 11.6 Å². The zero-order chi connectivity index (χ0) is 17.7. The Hall–Kier alpha value is -2.67. The maximum absolute atomic E-state index is 13.0. The SMILES string of the molecule is O=C(CCc1ccc(F)c(F)c1)NNC(=O)c1cc(Cl)ccc1O. The summed E-state index contributed by atoms with van der Waals surface area (Å²) < 4.78 is 25.8. The zero-order valence-electron chi connectivity index (χ0n) is 12.3. The number of hydrogen-bond acceptors (Lipinski definition) is 3. The Bertz CT molecular complexity index is 784. The Kier molecular flexibility index (Phi) is 5.70. The first-order valence-corrected chi connectivity index (χ1v) is 7.26. The molecule has 0 heterocycles. The van der Waals surface area contributed by atoms with Gasteiger partial charge in [-0.2, -0.15) is 0 Å². The number of aromatic hydroxyl groups is 1. The molecule has 2 amide bonds. The van der Waals surface area contributed by atoms with Gasteiger partial charge in [0.15, 0.2) is 11.6 Å². The van der Waals surface area contributed by atoms with Crippen LogP contribution in [0.3, 0.4) is 0 Å². The number of hydrogen-bond donors (Lipinski definition) is 3. The minimum absolute atomic E-state index is 0.0487. The first kappa shape index (κ1) is 17.7. The van der Waals surface area contributed by atoms with Crippen LogP contribution in [0.1, 0.15) is 22.3 Å². The maximum Gasteiger partial charge on any atom is 0.273 e. The molecule has 0 fully saturated rings. The maximum atomic E-state index is 13.0. The molecule has 2 aromatic rings. The van der Waals surface area contributed by atoms with Crippen molar-refractivity contribution in [1.29, 1.82) is 0 Å². The summed E-state index contributed by atoms with van der Waals surface area (Å²) in [6.45, 7) is 0. The predicted octanol–water partition coefficient (Wildman–Crippen LogP) is 2.72. The largest absolute Gasteiger partial charge is 0.507 e. The third-order valence-corrected chi connectivity index (χ3v) is 3.38. The Balaban J connectivity index is 1.85. The summed E-state index contributed by atoms with van der Waals surface area (Å²) in [7, 11) is 0. The first-order valence-electron chi connectivity index (χ1n) is 6.88. The van der Waals surface area contributed by atoms with Crippen LogP contribution in [0, 0.1) is 11.6 Å². The topological polar surface area (TPSA) is 78.4 Å². The average molecular weight is 355 g/mol. The van der Waals surface area contributed by atoms with Gasteiger partial charge in [0.05, 0.1) is 5.56 Å². The number of rotatable bonds is 4. The third-order valence-electron chi connectivity index (χ3n) is 3.14. The number of phenolic OH excluding ortho intramolecular Hbond substituents is 1. The smallest absolute Gasteiger partial charge is 0.273 e. The monoisotopic (exact) mass is 354 g/mol. The Morgan fingerprint density at radius 1 is 1.04 bits per heavy atom. The van der Waals surface area contributed by atoms with Crippen LogP contribution in [0.25, 0.3) is 0 Å². The van der Waals surface area contributed by atoms with Crippen LogP contribution in [0.4, 0.5) is 8.78 Å². The number of halogens is 3. The van der Waals surface area contributed by atoms with Crippen LogP contribution < -0.4 is 10.9 Å². The van der Waals surface area contributed by atoms with E-state index in [2.05, 4.69) is 10.9 Å². The zero-order valence-corrected chi connectivity index (χ0v) is 13.0. The molecule has 0 radical (unpaired) electrons.